The molecule has 0 bridgehead atoms. The number of para-hydroxylation sites is 1. The smallest absolute Gasteiger partial charge is 0.340 e. The van der Waals surface area contributed by atoms with Gasteiger partial charge in [0.2, 0.25) is 0 Å². The van der Waals surface area contributed by atoms with Gasteiger partial charge in [0.1, 0.15) is 0 Å². The molecule has 0 aliphatic heterocycles. The fourth-order valence-electron chi connectivity index (χ4n) is 2.73. The number of hydrogen-bond acceptors (Lipinski definition) is 4. The zero-order chi connectivity index (χ0) is 17.1. The first kappa shape index (κ1) is 16.1. The van der Waals surface area contributed by atoms with E-state index in [1.165, 1.54) is 13.2 Å². The first-order valence-electron chi connectivity index (χ1n) is 7.95. The number of hydrogen-bond donors (Lipinski definition) is 1. The van der Waals surface area contributed by atoms with E-state index in [1.807, 2.05) is 31.2 Å². The Morgan fingerprint density at radius 2 is 1.88 bits per heavy atom. The van der Waals surface area contributed by atoms with Gasteiger partial charge >= 0.3 is 11.9 Å². The molecule has 5 heteroatoms. The molecule has 0 unspecified atom stereocenters. The van der Waals surface area contributed by atoms with Crippen LogP contribution in [0.25, 0.3) is 21.8 Å². The lowest BCUT2D eigenvalue weighted by atomic mass is 10.0. The molecule has 0 radical (unpaired) electrons. The highest BCUT2D eigenvalue weighted by Crippen LogP contribution is 2.29. The molecule has 0 amide bonds. The lowest BCUT2D eigenvalue weighted by Crippen LogP contribution is -2.09. The average Bonchev–Trinajstić information content (AvgIpc) is 2.99. The molecule has 2 aromatic carbocycles. The maximum Gasteiger partial charge on any atom is 0.340 e. The third-order valence-corrected chi connectivity index (χ3v) is 3.99. The van der Waals surface area contributed by atoms with Crippen molar-refractivity contribution in [1.82, 2.24) is 4.98 Å². The standard InChI is InChI=1S/C19H19NO4/c1-3-4-9-24-18(21)12-10-14-13-7-5-6-8-16(13)20-17(14)15(11-12)19(22)23-2/h5-8,10-11,20H,3-4,9H2,1-2H3. The van der Waals surface area contributed by atoms with Gasteiger partial charge < -0.3 is 14.5 Å². The van der Waals surface area contributed by atoms with E-state index in [1.54, 1.807) is 6.07 Å². The number of unbranched alkanes of at least 4 members (excludes halogenated alkanes) is 1. The van der Waals surface area contributed by atoms with E-state index in [0.717, 1.165) is 29.1 Å². The summed E-state index contributed by atoms with van der Waals surface area (Å²) in [6.07, 6.45) is 1.76. The van der Waals surface area contributed by atoms with Crippen molar-refractivity contribution >= 4 is 33.7 Å². The Hall–Kier alpha value is -2.82. The second-order valence-electron chi connectivity index (χ2n) is 5.60. The summed E-state index contributed by atoms with van der Waals surface area (Å²) in [6, 6.07) is 11.0. The van der Waals surface area contributed by atoms with Crippen molar-refractivity contribution in [3.63, 3.8) is 0 Å². The van der Waals surface area contributed by atoms with Gasteiger partial charge in [-0.05, 0) is 24.6 Å². The maximum absolute atomic E-state index is 12.3. The van der Waals surface area contributed by atoms with E-state index in [4.69, 9.17) is 9.47 Å². The van der Waals surface area contributed by atoms with Crippen molar-refractivity contribution in [2.75, 3.05) is 13.7 Å². The Morgan fingerprint density at radius 3 is 2.62 bits per heavy atom. The molecule has 24 heavy (non-hydrogen) atoms. The number of nitrogens with one attached hydrogen (secondary N) is 1. The van der Waals surface area contributed by atoms with Crippen LogP contribution in [0.2, 0.25) is 0 Å². The van der Waals surface area contributed by atoms with Crippen LogP contribution in [0.1, 0.15) is 40.5 Å². The van der Waals surface area contributed by atoms with Crippen molar-refractivity contribution in [3.05, 3.63) is 47.5 Å². The van der Waals surface area contributed by atoms with Gasteiger partial charge in [0, 0.05) is 16.3 Å². The Balaban J connectivity index is 2.15. The topological polar surface area (TPSA) is 68.4 Å². The lowest BCUT2D eigenvalue weighted by Gasteiger charge is -2.07. The van der Waals surface area contributed by atoms with Crippen LogP contribution >= 0.6 is 0 Å². The summed E-state index contributed by atoms with van der Waals surface area (Å²) in [5.74, 6) is -0.921. The number of ether oxygens (including phenoxy) is 2. The molecule has 0 aliphatic carbocycles. The largest absolute Gasteiger partial charge is 0.465 e. The van der Waals surface area contributed by atoms with Gasteiger partial charge in [-0.1, -0.05) is 31.5 Å². The van der Waals surface area contributed by atoms with Crippen molar-refractivity contribution in [2.45, 2.75) is 19.8 Å². The number of carbonyl (C=O) groups is 2. The monoisotopic (exact) mass is 325 g/mol. The molecule has 1 N–H and O–H groups in total. The van der Waals surface area contributed by atoms with Crippen molar-refractivity contribution in [2.24, 2.45) is 0 Å². The predicted molar refractivity (Wildman–Crippen MR) is 92.3 cm³/mol. The van der Waals surface area contributed by atoms with E-state index >= 15 is 0 Å². The van der Waals surface area contributed by atoms with E-state index in [9.17, 15) is 9.59 Å². The molecule has 3 aromatic rings. The molecule has 0 saturated heterocycles. The van der Waals surface area contributed by atoms with Crippen molar-refractivity contribution in [1.29, 1.82) is 0 Å². The predicted octanol–water partition coefficient (Wildman–Crippen LogP) is 4.06. The van der Waals surface area contributed by atoms with E-state index in [0.29, 0.717) is 23.3 Å². The molecule has 0 atom stereocenters. The van der Waals surface area contributed by atoms with E-state index in [-0.39, 0.29) is 0 Å². The number of fused-ring (bicyclic) bond motifs is 3. The Labute approximate surface area is 139 Å². The van der Waals surface area contributed by atoms with E-state index < -0.39 is 11.9 Å². The second kappa shape index (κ2) is 6.74. The van der Waals surface area contributed by atoms with Gasteiger partial charge in [-0.15, -0.1) is 0 Å². The van der Waals surface area contributed by atoms with Crippen LogP contribution in [-0.4, -0.2) is 30.6 Å². The summed E-state index contributed by atoms with van der Waals surface area (Å²) in [5, 5.41) is 1.75. The second-order valence-corrected chi connectivity index (χ2v) is 5.60. The van der Waals surface area contributed by atoms with Crippen LogP contribution in [0.4, 0.5) is 0 Å². The van der Waals surface area contributed by atoms with E-state index in [2.05, 4.69) is 4.98 Å². The number of aromatic nitrogens is 1. The highest BCUT2D eigenvalue weighted by molar-refractivity contribution is 6.16. The Kier molecular flexibility index (Phi) is 4.51. The average molecular weight is 325 g/mol. The lowest BCUT2D eigenvalue weighted by molar-refractivity contribution is 0.0500. The quantitative estimate of drug-likeness (QED) is 0.567. The van der Waals surface area contributed by atoms with Gasteiger partial charge in [-0.3, -0.25) is 0 Å². The molecule has 0 spiro atoms. The number of methoxy groups -OCH3 is 1. The fourth-order valence-corrected chi connectivity index (χ4v) is 2.73. The molecule has 1 aromatic heterocycles. The molecule has 0 aliphatic rings. The summed E-state index contributed by atoms with van der Waals surface area (Å²) in [5.41, 5.74) is 2.24. The minimum atomic E-state index is -0.491. The first-order valence-corrected chi connectivity index (χ1v) is 7.95. The summed E-state index contributed by atoms with van der Waals surface area (Å²) in [7, 11) is 1.32. The van der Waals surface area contributed by atoms with Gasteiger partial charge in [0.05, 0.1) is 30.4 Å². The maximum atomic E-state index is 12.3. The number of H-pyrrole nitrogens is 1. The summed E-state index contributed by atoms with van der Waals surface area (Å²) >= 11 is 0. The van der Waals surface area contributed by atoms with Gasteiger partial charge in [-0.2, -0.15) is 0 Å². The Morgan fingerprint density at radius 1 is 1.08 bits per heavy atom. The van der Waals surface area contributed by atoms with Crippen LogP contribution in [0, 0.1) is 0 Å². The minimum Gasteiger partial charge on any atom is -0.465 e. The first-order chi connectivity index (χ1) is 11.7. The third kappa shape index (κ3) is 2.85. The zero-order valence-corrected chi connectivity index (χ0v) is 13.7. The number of benzene rings is 2. The molecule has 1 heterocycles. The normalized spacial score (nSPS) is 10.9. The van der Waals surface area contributed by atoms with Crippen LogP contribution in [-0.2, 0) is 9.47 Å². The SMILES string of the molecule is CCCCOC(=O)c1cc(C(=O)OC)c2[nH]c3ccccc3c2c1. The summed E-state index contributed by atoms with van der Waals surface area (Å²) in [4.78, 5) is 27.7. The van der Waals surface area contributed by atoms with Crippen LogP contribution < -0.4 is 0 Å². The van der Waals surface area contributed by atoms with Crippen molar-refractivity contribution < 1.29 is 19.1 Å². The molecule has 124 valence electrons. The highest BCUT2D eigenvalue weighted by Gasteiger charge is 2.19. The van der Waals surface area contributed by atoms with Gasteiger partial charge in [-0.25, -0.2) is 9.59 Å². The highest BCUT2D eigenvalue weighted by atomic mass is 16.5. The molecular weight excluding hydrogens is 306 g/mol. The molecule has 3 rings (SSSR count). The van der Waals surface area contributed by atoms with Gasteiger partial charge in [0.25, 0.3) is 0 Å². The molecule has 0 fully saturated rings. The van der Waals surface area contributed by atoms with Gasteiger partial charge in [0.15, 0.2) is 0 Å². The Bertz CT molecular complexity index is 910. The molecule has 0 saturated carbocycles. The molecular formula is C19H19NO4. The fraction of sp³-hybridized carbons (Fsp3) is 0.263. The van der Waals surface area contributed by atoms with Crippen molar-refractivity contribution in [3.8, 4) is 0 Å². The summed E-state index contributed by atoms with van der Waals surface area (Å²) < 4.78 is 10.1. The minimum absolute atomic E-state index is 0.327. The number of aromatic amines is 1. The van der Waals surface area contributed by atoms with Crippen LogP contribution in [0.15, 0.2) is 36.4 Å². The number of carbonyl (C=O) groups excluding carboxylic acids is 2. The third-order valence-electron chi connectivity index (χ3n) is 3.99. The van der Waals surface area contributed by atoms with Crippen LogP contribution in [0.3, 0.4) is 0 Å². The number of esters is 2. The number of rotatable bonds is 5. The molecule has 5 nitrogen and oxygen atoms in total. The summed E-state index contributed by atoms with van der Waals surface area (Å²) in [6.45, 7) is 2.40. The zero-order valence-electron chi connectivity index (χ0n) is 13.7. The van der Waals surface area contributed by atoms with Crippen LogP contribution in [0.5, 0.6) is 0 Å².